The molecule has 13 heavy (non-hydrogen) atoms. The first kappa shape index (κ1) is 12.1. The van der Waals surface area contributed by atoms with Crippen LogP contribution in [0, 0.1) is 10.1 Å². The molecule has 0 aliphatic heterocycles. The number of hydrogen-bond acceptors (Lipinski definition) is 3. The third kappa shape index (κ3) is 8.98. The van der Waals surface area contributed by atoms with E-state index in [0.717, 1.165) is 19.3 Å². The molecule has 0 saturated heterocycles. The Balaban J connectivity index is 3.25. The Kier molecular flexibility index (Phi) is 7.15. The number of carbonyl (C=O) groups is 1. The smallest absolute Gasteiger partial charge is 0.204 e. The average Bonchev–Trinajstić information content (AvgIpc) is 2.04. The van der Waals surface area contributed by atoms with Crippen molar-refractivity contribution in [1.29, 1.82) is 0 Å². The van der Waals surface area contributed by atoms with Crippen LogP contribution in [0.4, 0.5) is 0 Å². The van der Waals surface area contributed by atoms with Gasteiger partial charge in [-0.2, -0.15) is 0 Å². The highest BCUT2D eigenvalue weighted by Gasteiger charge is 2.03. The van der Waals surface area contributed by atoms with Gasteiger partial charge in [-0.3, -0.25) is 14.9 Å². The van der Waals surface area contributed by atoms with Gasteiger partial charge in [-0.1, -0.05) is 19.8 Å². The lowest BCUT2D eigenvalue weighted by Crippen LogP contribution is -2.04. The topological polar surface area (TPSA) is 60.2 Å². The molecule has 0 amide bonds. The second kappa shape index (κ2) is 7.71. The minimum absolute atomic E-state index is 0.0838. The lowest BCUT2D eigenvalue weighted by atomic mass is 10.1. The van der Waals surface area contributed by atoms with E-state index in [-0.39, 0.29) is 17.3 Å². The Morgan fingerprint density at radius 3 is 2.38 bits per heavy atom. The standard InChI is InChI=1S/C9H17NO3/c1-2-3-4-6-9(11)7-5-8-10(12)13/h2-8H2,1H3. The van der Waals surface area contributed by atoms with Crippen LogP contribution in [-0.4, -0.2) is 17.3 Å². The van der Waals surface area contributed by atoms with Gasteiger partial charge < -0.3 is 0 Å². The van der Waals surface area contributed by atoms with Crippen LogP contribution in [0.1, 0.15) is 45.4 Å². The maximum absolute atomic E-state index is 11.1. The van der Waals surface area contributed by atoms with Gasteiger partial charge in [0.1, 0.15) is 5.78 Å². The molecule has 4 nitrogen and oxygen atoms in total. The molecular weight excluding hydrogens is 170 g/mol. The fourth-order valence-electron chi connectivity index (χ4n) is 1.10. The van der Waals surface area contributed by atoms with Gasteiger partial charge in [0.05, 0.1) is 0 Å². The molecule has 0 unspecified atom stereocenters. The van der Waals surface area contributed by atoms with E-state index in [9.17, 15) is 14.9 Å². The predicted octanol–water partition coefficient (Wildman–Crippen LogP) is 2.19. The lowest BCUT2D eigenvalue weighted by molar-refractivity contribution is -0.480. The van der Waals surface area contributed by atoms with Gasteiger partial charge in [0, 0.05) is 24.2 Å². The number of ketones is 1. The van der Waals surface area contributed by atoms with Crippen molar-refractivity contribution in [3.8, 4) is 0 Å². The summed E-state index contributed by atoms with van der Waals surface area (Å²) in [6, 6.07) is 0. The zero-order chi connectivity index (χ0) is 10.1. The van der Waals surface area contributed by atoms with Crippen LogP contribution in [0.5, 0.6) is 0 Å². The van der Waals surface area contributed by atoms with Crippen molar-refractivity contribution in [2.45, 2.75) is 45.4 Å². The number of carbonyl (C=O) groups excluding carboxylic acids is 1. The summed E-state index contributed by atoms with van der Waals surface area (Å²) < 4.78 is 0. The first-order valence-corrected chi connectivity index (χ1v) is 4.80. The summed E-state index contributed by atoms with van der Waals surface area (Å²) in [5.41, 5.74) is 0. The molecule has 0 bridgehead atoms. The molecule has 76 valence electrons. The Morgan fingerprint density at radius 1 is 1.23 bits per heavy atom. The third-order valence-electron chi connectivity index (χ3n) is 1.86. The first-order chi connectivity index (χ1) is 6.16. The lowest BCUT2D eigenvalue weighted by Gasteiger charge is -1.97. The number of nitrogens with zero attached hydrogens (tertiary/aromatic N) is 1. The van der Waals surface area contributed by atoms with E-state index in [4.69, 9.17) is 0 Å². The molecular formula is C9H17NO3. The maximum Gasteiger partial charge on any atom is 0.204 e. The van der Waals surface area contributed by atoms with Gasteiger partial charge in [-0.15, -0.1) is 0 Å². The number of hydrogen-bond donors (Lipinski definition) is 0. The monoisotopic (exact) mass is 187 g/mol. The van der Waals surface area contributed by atoms with Crippen LogP contribution >= 0.6 is 0 Å². The molecule has 0 radical (unpaired) electrons. The molecule has 0 rings (SSSR count). The minimum atomic E-state index is -0.376. The number of unbranched alkanes of at least 4 members (excludes halogenated alkanes) is 2. The zero-order valence-electron chi connectivity index (χ0n) is 8.12. The Labute approximate surface area is 78.5 Å². The maximum atomic E-state index is 11.1. The van der Waals surface area contributed by atoms with Crippen molar-refractivity contribution in [1.82, 2.24) is 0 Å². The number of rotatable bonds is 8. The average molecular weight is 187 g/mol. The molecule has 0 aromatic carbocycles. The van der Waals surface area contributed by atoms with E-state index in [0.29, 0.717) is 19.3 Å². The predicted molar refractivity (Wildman–Crippen MR) is 50.2 cm³/mol. The summed E-state index contributed by atoms with van der Waals surface area (Å²) in [5, 5.41) is 9.94. The van der Waals surface area contributed by atoms with Gasteiger partial charge in [0.2, 0.25) is 6.54 Å². The molecule has 0 aliphatic carbocycles. The molecule has 4 heteroatoms. The van der Waals surface area contributed by atoms with E-state index in [2.05, 4.69) is 6.92 Å². The summed E-state index contributed by atoms with van der Waals surface area (Å²) in [4.78, 5) is 20.6. The molecule has 0 aliphatic rings. The summed E-state index contributed by atoms with van der Waals surface area (Å²) in [6.45, 7) is 2.00. The minimum Gasteiger partial charge on any atom is -0.300 e. The van der Waals surface area contributed by atoms with E-state index in [1.807, 2.05) is 0 Å². The molecule has 0 atom stereocenters. The van der Waals surface area contributed by atoms with E-state index < -0.39 is 0 Å². The van der Waals surface area contributed by atoms with Crippen molar-refractivity contribution in [3.63, 3.8) is 0 Å². The van der Waals surface area contributed by atoms with Crippen LogP contribution in [0.3, 0.4) is 0 Å². The normalized spacial score (nSPS) is 9.92. The Hall–Kier alpha value is -0.930. The molecule has 0 aromatic rings. The molecule has 0 spiro atoms. The van der Waals surface area contributed by atoms with Gasteiger partial charge in [0.15, 0.2) is 0 Å². The van der Waals surface area contributed by atoms with Crippen LogP contribution in [0.15, 0.2) is 0 Å². The summed E-state index contributed by atoms with van der Waals surface area (Å²) in [5.74, 6) is 0.162. The summed E-state index contributed by atoms with van der Waals surface area (Å²) >= 11 is 0. The van der Waals surface area contributed by atoms with Crippen molar-refractivity contribution < 1.29 is 9.72 Å². The van der Waals surface area contributed by atoms with Gasteiger partial charge >= 0.3 is 0 Å². The van der Waals surface area contributed by atoms with E-state index in [1.165, 1.54) is 0 Å². The van der Waals surface area contributed by atoms with Crippen molar-refractivity contribution >= 4 is 5.78 Å². The van der Waals surface area contributed by atoms with E-state index in [1.54, 1.807) is 0 Å². The molecule has 0 saturated carbocycles. The highest BCUT2D eigenvalue weighted by Crippen LogP contribution is 2.03. The molecule has 0 aromatic heterocycles. The number of Topliss-reactive ketones (excluding diaryl/α,β-unsaturated/α-hetero) is 1. The Morgan fingerprint density at radius 2 is 1.85 bits per heavy atom. The van der Waals surface area contributed by atoms with E-state index >= 15 is 0 Å². The summed E-state index contributed by atoms with van der Waals surface area (Å²) in [7, 11) is 0. The molecule has 0 heterocycles. The van der Waals surface area contributed by atoms with Crippen LogP contribution in [-0.2, 0) is 4.79 Å². The largest absolute Gasteiger partial charge is 0.300 e. The van der Waals surface area contributed by atoms with Gasteiger partial charge in [0.25, 0.3) is 0 Å². The quantitative estimate of drug-likeness (QED) is 0.332. The van der Waals surface area contributed by atoms with Crippen molar-refractivity contribution in [2.75, 3.05) is 6.54 Å². The van der Waals surface area contributed by atoms with Crippen LogP contribution in [0.25, 0.3) is 0 Å². The highest BCUT2D eigenvalue weighted by molar-refractivity contribution is 5.78. The third-order valence-corrected chi connectivity index (χ3v) is 1.86. The van der Waals surface area contributed by atoms with Crippen LogP contribution in [0.2, 0.25) is 0 Å². The van der Waals surface area contributed by atoms with Gasteiger partial charge in [-0.25, -0.2) is 0 Å². The SMILES string of the molecule is CCCCCC(=O)CCC[N+](=O)[O-]. The number of nitro groups is 1. The fraction of sp³-hybridized carbons (Fsp3) is 0.889. The molecule has 0 N–H and O–H groups in total. The first-order valence-electron chi connectivity index (χ1n) is 4.80. The van der Waals surface area contributed by atoms with Crippen LogP contribution < -0.4 is 0 Å². The van der Waals surface area contributed by atoms with Crippen molar-refractivity contribution in [2.24, 2.45) is 0 Å². The summed E-state index contributed by atoms with van der Waals surface area (Å²) in [6.07, 6.45) is 4.44. The second-order valence-electron chi connectivity index (χ2n) is 3.16. The highest BCUT2D eigenvalue weighted by atomic mass is 16.6. The fourth-order valence-corrected chi connectivity index (χ4v) is 1.10. The Bertz CT molecular complexity index is 168. The van der Waals surface area contributed by atoms with Gasteiger partial charge in [-0.05, 0) is 6.42 Å². The zero-order valence-corrected chi connectivity index (χ0v) is 8.12. The van der Waals surface area contributed by atoms with Crippen molar-refractivity contribution in [3.05, 3.63) is 10.1 Å². The second-order valence-corrected chi connectivity index (χ2v) is 3.16. The molecule has 0 fully saturated rings.